The van der Waals surface area contributed by atoms with Crippen molar-refractivity contribution in [2.75, 3.05) is 0 Å². The van der Waals surface area contributed by atoms with E-state index in [4.69, 9.17) is 37.7 Å². The predicted molar refractivity (Wildman–Crippen MR) is 34.3 cm³/mol. The molecule has 0 saturated heterocycles. The first kappa shape index (κ1) is 22.6. The first-order valence-electron chi connectivity index (χ1n) is 0.617. The van der Waals surface area contributed by atoms with Crippen molar-refractivity contribution >= 4 is 37.7 Å². The molecule has 0 unspecified atom stereocenters. The summed E-state index contributed by atoms with van der Waals surface area (Å²) in [5.41, 5.74) is 0. The zero-order valence-corrected chi connectivity index (χ0v) is 8.45. The van der Waals surface area contributed by atoms with Crippen LogP contribution in [0.5, 0.6) is 0 Å². The van der Waals surface area contributed by atoms with E-state index in [0.717, 1.165) is 0 Å². The molecule has 58 valence electrons. The van der Waals surface area contributed by atoms with Crippen molar-refractivity contribution in [1.29, 1.82) is 0 Å². The van der Waals surface area contributed by atoms with Crippen LogP contribution in [0.25, 0.3) is 0 Å². The molecular weight excluding hydrogens is 286 g/mol. The van der Waals surface area contributed by atoms with Crippen molar-refractivity contribution in [2.24, 2.45) is 0 Å². The van der Waals surface area contributed by atoms with Crippen LogP contribution in [0.15, 0.2) is 0 Å². The van der Waals surface area contributed by atoms with Crippen LogP contribution >= 0.6 is 37.7 Å². The molecule has 0 amide bonds. The Labute approximate surface area is 65.7 Å². The summed E-state index contributed by atoms with van der Waals surface area (Å²) in [6, 6.07) is 0. The molecule has 0 fully saturated rings. The molecule has 0 aliphatic carbocycles. The van der Waals surface area contributed by atoms with Gasteiger partial charge in [-0.05, 0) is 0 Å². The van der Waals surface area contributed by atoms with Gasteiger partial charge in [-0.3, -0.25) is 0 Å². The maximum atomic E-state index is 5.02. The predicted octanol–water partition coefficient (Wildman–Crippen LogP) is 0.281. The van der Waals surface area contributed by atoms with Crippen LogP contribution in [0.4, 0.5) is 0 Å². The van der Waals surface area contributed by atoms with Gasteiger partial charge in [-0.15, -0.1) is 0 Å². The van der Waals surface area contributed by atoms with E-state index in [1.54, 1.807) is 0 Å². The van der Waals surface area contributed by atoms with Crippen molar-refractivity contribution in [3.05, 3.63) is 0 Å². The van der Waals surface area contributed by atoms with Gasteiger partial charge in [-0.2, -0.15) is 0 Å². The van der Waals surface area contributed by atoms with E-state index >= 15 is 0 Å². The molecular formula is H6Cl4MoO3. The zero-order valence-electron chi connectivity index (χ0n) is 3.42. The average Bonchev–Trinajstić information content (AvgIpc) is 0.722. The van der Waals surface area contributed by atoms with Crippen molar-refractivity contribution in [3.63, 3.8) is 0 Å². The van der Waals surface area contributed by atoms with Crippen molar-refractivity contribution < 1.29 is 28.3 Å². The van der Waals surface area contributed by atoms with Crippen molar-refractivity contribution in [1.82, 2.24) is 0 Å². The van der Waals surface area contributed by atoms with E-state index in [-0.39, 0.29) is 16.4 Å². The van der Waals surface area contributed by atoms with Crippen LogP contribution in [0.1, 0.15) is 0 Å². The first-order chi connectivity index (χ1) is 2.00. The van der Waals surface area contributed by atoms with E-state index in [1.165, 1.54) is 0 Å². The third-order valence-corrected chi connectivity index (χ3v) is 0. The summed E-state index contributed by atoms with van der Waals surface area (Å²) in [4.78, 5) is 0. The Morgan fingerprint density at radius 1 is 0.625 bits per heavy atom. The Morgan fingerprint density at radius 3 is 0.625 bits per heavy atom. The molecule has 0 saturated carbocycles. The Kier molecular flexibility index (Phi) is 24.6. The molecule has 6 N–H and O–H groups in total. The third kappa shape index (κ3) is 117. The molecule has 0 atom stereocenters. The van der Waals surface area contributed by atoms with Crippen LogP contribution in [0, 0.1) is 0 Å². The second-order valence-corrected chi connectivity index (χ2v) is 18.6. The number of halogens is 4. The van der Waals surface area contributed by atoms with Gasteiger partial charge in [0.05, 0.1) is 0 Å². The number of hydrogen-bond donors (Lipinski definition) is 0. The second kappa shape index (κ2) is 8.73. The summed E-state index contributed by atoms with van der Waals surface area (Å²) in [5.74, 6) is 0. The Morgan fingerprint density at radius 2 is 0.625 bits per heavy atom. The van der Waals surface area contributed by atoms with Gasteiger partial charge in [0.25, 0.3) is 0 Å². The monoisotopic (exact) mass is 292 g/mol. The fourth-order valence-electron chi connectivity index (χ4n) is 0. The SMILES string of the molecule is O.O.O.[Cl][Mo]([Cl])([Cl])[Cl]. The van der Waals surface area contributed by atoms with E-state index < -0.39 is 11.9 Å². The zero-order chi connectivity index (χ0) is 4.50. The number of rotatable bonds is 0. The fraction of sp³-hybridized carbons (Fsp3) is 0. The van der Waals surface area contributed by atoms with Crippen LogP contribution in [0.2, 0.25) is 0 Å². The van der Waals surface area contributed by atoms with Gasteiger partial charge >= 0.3 is 49.6 Å². The minimum atomic E-state index is -3.13. The van der Waals surface area contributed by atoms with Gasteiger partial charge in [0.15, 0.2) is 0 Å². The van der Waals surface area contributed by atoms with Crippen molar-refractivity contribution in [2.45, 2.75) is 0 Å². The molecule has 0 radical (unpaired) electrons. The van der Waals surface area contributed by atoms with Gasteiger partial charge in [0.1, 0.15) is 0 Å². The molecule has 0 rings (SSSR count). The molecule has 0 heterocycles. The molecule has 8 heavy (non-hydrogen) atoms. The van der Waals surface area contributed by atoms with Crippen LogP contribution in [-0.4, -0.2) is 16.4 Å². The summed E-state index contributed by atoms with van der Waals surface area (Å²) in [6.07, 6.45) is 0. The summed E-state index contributed by atoms with van der Waals surface area (Å²) in [5, 5.41) is 0. The van der Waals surface area contributed by atoms with Crippen LogP contribution < -0.4 is 0 Å². The summed E-state index contributed by atoms with van der Waals surface area (Å²) < 4.78 is 0. The molecule has 0 aliphatic rings. The van der Waals surface area contributed by atoms with E-state index in [2.05, 4.69) is 0 Å². The molecule has 0 spiro atoms. The molecule has 0 aromatic rings. The van der Waals surface area contributed by atoms with Gasteiger partial charge in [-0.25, -0.2) is 0 Å². The Balaban J connectivity index is -0.0000000267. The van der Waals surface area contributed by atoms with Gasteiger partial charge in [-0.1, -0.05) is 0 Å². The molecule has 0 aromatic heterocycles. The summed E-state index contributed by atoms with van der Waals surface area (Å²) in [6.45, 7) is 0. The minimum absolute atomic E-state index is 0. The summed E-state index contributed by atoms with van der Waals surface area (Å²) in [7, 11) is 20.1. The van der Waals surface area contributed by atoms with E-state index in [1.807, 2.05) is 0 Å². The number of hydrogen-bond acceptors (Lipinski definition) is 0. The van der Waals surface area contributed by atoms with Crippen molar-refractivity contribution in [3.8, 4) is 0 Å². The Bertz CT molecular complexity index is 26.8. The first-order valence-corrected chi connectivity index (χ1v) is 11.0. The van der Waals surface area contributed by atoms with E-state index in [0.29, 0.717) is 0 Å². The Hall–Kier alpha value is 1.73. The third-order valence-electron chi connectivity index (χ3n) is 0. The van der Waals surface area contributed by atoms with Crippen LogP contribution in [-0.2, 0) is 11.9 Å². The topological polar surface area (TPSA) is 94.5 Å². The van der Waals surface area contributed by atoms with Gasteiger partial charge in [0.2, 0.25) is 0 Å². The van der Waals surface area contributed by atoms with E-state index in [9.17, 15) is 0 Å². The van der Waals surface area contributed by atoms with Gasteiger partial charge < -0.3 is 16.4 Å². The standard InChI is InChI=1S/4ClH.Mo.3H2O/h4*1H;;3*1H2/q;;;;+4;;;/p-4. The normalized spacial score (nSPS) is 9.50. The average molecular weight is 292 g/mol. The second-order valence-electron chi connectivity index (χ2n) is 0.350. The quantitative estimate of drug-likeness (QED) is 0.573. The van der Waals surface area contributed by atoms with Crippen LogP contribution in [0.3, 0.4) is 0 Å². The molecule has 8 heteroatoms. The molecule has 0 aromatic carbocycles. The summed E-state index contributed by atoms with van der Waals surface area (Å²) >= 11 is -3.13. The maximum absolute atomic E-state index is 5.02. The fourth-order valence-corrected chi connectivity index (χ4v) is 0. The molecule has 0 aliphatic heterocycles. The molecule has 3 nitrogen and oxygen atoms in total. The molecule has 0 bridgehead atoms. The van der Waals surface area contributed by atoms with Gasteiger partial charge in [0, 0.05) is 0 Å².